The zero-order valence-electron chi connectivity index (χ0n) is 11.1. The molecular formula is C16H19NS2. The number of nitrogens with one attached hydrogen (secondary N) is 1. The molecule has 2 atom stereocenters. The Morgan fingerprint density at radius 2 is 2.21 bits per heavy atom. The van der Waals surface area contributed by atoms with Gasteiger partial charge in [-0.15, -0.1) is 11.8 Å². The first-order valence-electron chi connectivity index (χ1n) is 6.80. The van der Waals surface area contributed by atoms with Crippen molar-refractivity contribution in [3.05, 3.63) is 52.2 Å². The van der Waals surface area contributed by atoms with Crippen LogP contribution in [0.2, 0.25) is 0 Å². The summed E-state index contributed by atoms with van der Waals surface area (Å²) in [5, 5.41) is 8.78. The highest BCUT2D eigenvalue weighted by Crippen LogP contribution is 2.36. The summed E-state index contributed by atoms with van der Waals surface area (Å²) in [6, 6.07) is 11.6. The number of hydrogen-bond acceptors (Lipinski definition) is 3. The Morgan fingerprint density at radius 1 is 1.32 bits per heavy atom. The summed E-state index contributed by atoms with van der Waals surface area (Å²) >= 11 is 3.81. The van der Waals surface area contributed by atoms with Crippen molar-refractivity contribution < 1.29 is 0 Å². The topological polar surface area (TPSA) is 12.0 Å². The lowest BCUT2D eigenvalue weighted by atomic mass is 10.1. The Kier molecular flexibility index (Phi) is 4.26. The standard InChI is InChI=1S/C16H19NS2/c1-12(8-13-6-7-18-11-13)17-10-15-9-14-4-2-3-5-16(14)19-15/h2-7,11-12,15,17H,8-10H2,1H3. The summed E-state index contributed by atoms with van der Waals surface area (Å²) in [5.41, 5.74) is 2.97. The van der Waals surface area contributed by atoms with Gasteiger partial charge in [-0.05, 0) is 53.8 Å². The second kappa shape index (κ2) is 6.12. The summed E-state index contributed by atoms with van der Waals surface area (Å²) in [6.07, 6.45) is 2.34. The number of fused-ring (bicyclic) bond motifs is 1. The monoisotopic (exact) mass is 289 g/mol. The number of thioether (sulfide) groups is 1. The predicted octanol–water partition coefficient (Wildman–Crippen LogP) is 3.99. The van der Waals surface area contributed by atoms with Crippen LogP contribution in [0.5, 0.6) is 0 Å². The normalized spacial score (nSPS) is 19.3. The second-order valence-electron chi connectivity index (χ2n) is 5.20. The molecule has 0 saturated carbocycles. The molecule has 0 fully saturated rings. The largest absolute Gasteiger partial charge is 0.313 e. The molecule has 0 amide bonds. The van der Waals surface area contributed by atoms with Crippen LogP contribution in [0.25, 0.3) is 0 Å². The van der Waals surface area contributed by atoms with Crippen LogP contribution in [0.4, 0.5) is 0 Å². The highest BCUT2D eigenvalue weighted by molar-refractivity contribution is 8.00. The van der Waals surface area contributed by atoms with Crippen LogP contribution in [0.1, 0.15) is 18.1 Å². The third-order valence-corrected chi connectivity index (χ3v) is 5.58. The highest BCUT2D eigenvalue weighted by Gasteiger charge is 2.21. The van der Waals surface area contributed by atoms with E-state index in [1.165, 1.54) is 22.4 Å². The van der Waals surface area contributed by atoms with Gasteiger partial charge in [-0.2, -0.15) is 11.3 Å². The van der Waals surface area contributed by atoms with E-state index in [4.69, 9.17) is 0 Å². The molecule has 0 radical (unpaired) electrons. The molecule has 1 aliphatic rings. The molecular weight excluding hydrogens is 270 g/mol. The molecule has 3 heteroatoms. The maximum absolute atomic E-state index is 3.68. The molecule has 1 nitrogen and oxygen atoms in total. The lowest BCUT2D eigenvalue weighted by Crippen LogP contribution is -2.33. The van der Waals surface area contributed by atoms with Gasteiger partial charge in [-0.1, -0.05) is 18.2 Å². The van der Waals surface area contributed by atoms with Crippen molar-refractivity contribution in [2.75, 3.05) is 6.54 Å². The molecule has 3 rings (SSSR count). The lowest BCUT2D eigenvalue weighted by Gasteiger charge is -2.16. The zero-order valence-corrected chi connectivity index (χ0v) is 12.8. The molecule has 0 spiro atoms. The van der Waals surface area contributed by atoms with Gasteiger partial charge in [-0.25, -0.2) is 0 Å². The van der Waals surface area contributed by atoms with Crippen LogP contribution in [0, 0.1) is 0 Å². The molecule has 1 aliphatic heterocycles. The quantitative estimate of drug-likeness (QED) is 0.893. The molecule has 1 N–H and O–H groups in total. The van der Waals surface area contributed by atoms with Gasteiger partial charge in [0.15, 0.2) is 0 Å². The molecule has 2 aromatic rings. The molecule has 1 aromatic heterocycles. The number of hydrogen-bond donors (Lipinski definition) is 1. The van der Waals surface area contributed by atoms with Gasteiger partial charge in [0.25, 0.3) is 0 Å². The van der Waals surface area contributed by atoms with Gasteiger partial charge in [0.05, 0.1) is 0 Å². The maximum atomic E-state index is 3.68. The molecule has 0 aliphatic carbocycles. The smallest absolute Gasteiger partial charge is 0.0260 e. The van der Waals surface area contributed by atoms with Crippen molar-refractivity contribution in [2.45, 2.75) is 36.0 Å². The van der Waals surface area contributed by atoms with Gasteiger partial charge < -0.3 is 5.32 Å². The van der Waals surface area contributed by atoms with Gasteiger partial charge in [-0.3, -0.25) is 0 Å². The summed E-state index contributed by atoms with van der Waals surface area (Å²) in [5.74, 6) is 0. The van der Waals surface area contributed by atoms with Crippen LogP contribution in [0.15, 0.2) is 46.0 Å². The van der Waals surface area contributed by atoms with Crippen LogP contribution in [0.3, 0.4) is 0 Å². The highest BCUT2D eigenvalue weighted by atomic mass is 32.2. The van der Waals surface area contributed by atoms with E-state index in [1.807, 2.05) is 11.8 Å². The second-order valence-corrected chi connectivity index (χ2v) is 7.32. The van der Waals surface area contributed by atoms with E-state index in [9.17, 15) is 0 Å². The van der Waals surface area contributed by atoms with Crippen LogP contribution < -0.4 is 5.32 Å². The zero-order chi connectivity index (χ0) is 13.1. The fourth-order valence-electron chi connectivity index (χ4n) is 2.53. The van der Waals surface area contributed by atoms with E-state index in [0.717, 1.165) is 13.0 Å². The third-order valence-electron chi connectivity index (χ3n) is 3.53. The minimum absolute atomic E-state index is 0.555. The van der Waals surface area contributed by atoms with E-state index in [0.29, 0.717) is 11.3 Å². The van der Waals surface area contributed by atoms with Crippen molar-refractivity contribution >= 4 is 23.1 Å². The molecule has 19 heavy (non-hydrogen) atoms. The number of thiophene rings is 1. The van der Waals surface area contributed by atoms with E-state index >= 15 is 0 Å². The van der Waals surface area contributed by atoms with Crippen molar-refractivity contribution in [1.29, 1.82) is 0 Å². The van der Waals surface area contributed by atoms with E-state index in [2.05, 4.69) is 53.3 Å². The summed E-state index contributed by atoms with van der Waals surface area (Å²) in [6.45, 7) is 3.38. The van der Waals surface area contributed by atoms with E-state index in [-0.39, 0.29) is 0 Å². The summed E-state index contributed by atoms with van der Waals surface area (Å²) < 4.78 is 0. The molecule has 100 valence electrons. The fraction of sp³-hybridized carbons (Fsp3) is 0.375. The van der Waals surface area contributed by atoms with Crippen molar-refractivity contribution in [3.8, 4) is 0 Å². The number of rotatable bonds is 5. The summed E-state index contributed by atoms with van der Waals surface area (Å²) in [7, 11) is 0. The molecule has 2 heterocycles. The van der Waals surface area contributed by atoms with Crippen LogP contribution in [-0.4, -0.2) is 17.8 Å². The third kappa shape index (κ3) is 3.41. The Morgan fingerprint density at radius 3 is 3.00 bits per heavy atom. The number of benzene rings is 1. The summed E-state index contributed by atoms with van der Waals surface area (Å²) in [4.78, 5) is 1.47. The average molecular weight is 289 g/mol. The van der Waals surface area contributed by atoms with Gasteiger partial charge >= 0.3 is 0 Å². The molecule has 0 saturated heterocycles. The average Bonchev–Trinajstić information content (AvgIpc) is 3.04. The van der Waals surface area contributed by atoms with E-state index in [1.54, 1.807) is 11.3 Å². The van der Waals surface area contributed by atoms with Gasteiger partial charge in [0.1, 0.15) is 0 Å². The van der Waals surface area contributed by atoms with Crippen molar-refractivity contribution in [1.82, 2.24) is 5.32 Å². The molecule has 1 aromatic carbocycles. The minimum atomic E-state index is 0.555. The molecule has 2 unspecified atom stereocenters. The first-order valence-corrected chi connectivity index (χ1v) is 8.62. The van der Waals surface area contributed by atoms with Crippen molar-refractivity contribution in [3.63, 3.8) is 0 Å². The fourth-order valence-corrected chi connectivity index (χ4v) is 4.48. The first kappa shape index (κ1) is 13.2. The Labute approximate surface area is 123 Å². The first-order chi connectivity index (χ1) is 9.31. The maximum Gasteiger partial charge on any atom is 0.0260 e. The predicted molar refractivity (Wildman–Crippen MR) is 85.3 cm³/mol. The van der Waals surface area contributed by atoms with Crippen molar-refractivity contribution in [2.24, 2.45) is 0 Å². The minimum Gasteiger partial charge on any atom is -0.313 e. The Balaban J connectivity index is 1.46. The Hall–Kier alpha value is -0.770. The SMILES string of the molecule is CC(Cc1ccsc1)NCC1Cc2ccccc2S1. The Bertz CT molecular complexity index is 496. The van der Waals surface area contributed by atoms with Crippen LogP contribution in [-0.2, 0) is 12.8 Å². The van der Waals surface area contributed by atoms with Gasteiger partial charge in [0, 0.05) is 22.7 Å². The van der Waals surface area contributed by atoms with Crippen LogP contribution >= 0.6 is 23.1 Å². The molecule has 0 bridgehead atoms. The van der Waals surface area contributed by atoms with Gasteiger partial charge in [0.2, 0.25) is 0 Å². The van der Waals surface area contributed by atoms with E-state index < -0.39 is 0 Å². The lowest BCUT2D eigenvalue weighted by molar-refractivity contribution is 0.541.